The second-order valence-electron chi connectivity index (χ2n) is 6.44. The molecule has 0 N–H and O–H groups in total. The van der Waals surface area contributed by atoms with E-state index in [2.05, 4.69) is 0 Å². The largest absolute Gasteiger partial charge is 0.0629 e. The van der Waals surface area contributed by atoms with E-state index in [0.29, 0.717) is 0 Å². The maximum absolute atomic E-state index is 9.00. The smallest absolute Gasteiger partial charge is 0.0622 e. The summed E-state index contributed by atoms with van der Waals surface area (Å²) in [6.07, 6.45) is 0. The molecule has 0 saturated heterocycles. The monoisotopic (exact) mass is 398 g/mol. The van der Waals surface area contributed by atoms with Gasteiger partial charge < -0.3 is 0 Å². The summed E-state index contributed by atoms with van der Waals surface area (Å²) in [6.45, 7) is 0. The van der Waals surface area contributed by atoms with Gasteiger partial charge in [-0.05, 0) is 66.7 Å². The van der Waals surface area contributed by atoms with E-state index in [1.807, 2.05) is 0 Å². The van der Waals surface area contributed by atoms with Gasteiger partial charge in [0.15, 0.2) is 0 Å². The van der Waals surface area contributed by atoms with Crippen LogP contribution in [0.25, 0.3) is 54.6 Å². The number of benzene rings is 6. The van der Waals surface area contributed by atoms with Crippen LogP contribution in [-0.4, -0.2) is 0 Å². The first-order valence-corrected chi connectivity index (χ1v) is 8.90. The van der Waals surface area contributed by atoms with Gasteiger partial charge in [-0.2, -0.15) is 0 Å². The number of rotatable bonds is 2. The Hall–Kier alpha value is -3.90. The first-order chi connectivity index (χ1) is 22.4. The predicted molar refractivity (Wildman–Crippen MR) is 130 cm³/mol. The average Bonchev–Trinajstić information content (AvgIpc) is 3.07. The molecule has 0 atom stereocenters. The highest BCUT2D eigenvalue weighted by Crippen LogP contribution is 2.44. The number of fused-ring (bicyclic) bond motifs is 3. The van der Waals surface area contributed by atoms with Crippen LogP contribution in [0.5, 0.6) is 0 Å². The van der Waals surface area contributed by atoms with Gasteiger partial charge in [-0.1, -0.05) is 109 Å². The van der Waals surface area contributed by atoms with Crippen LogP contribution in [0.1, 0.15) is 24.7 Å². The molecule has 0 aromatic heterocycles. The van der Waals surface area contributed by atoms with E-state index in [4.69, 9.17) is 24.7 Å². The van der Waals surface area contributed by atoms with Gasteiger partial charge in [0.05, 0.1) is 24.7 Å². The van der Waals surface area contributed by atoms with Crippen LogP contribution in [-0.2, 0) is 0 Å². The van der Waals surface area contributed by atoms with Crippen molar-refractivity contribution in [2.75, 3.05) is 0 Å². The van der Waals surface area contributed by atoms with Crippen molar-refractivity contribution in [1.29, 1.82) is 0 Å². The molecule has 0 amide bonds. The Morgan fingerprint density at radius 1 is 0.367 bits per heavy atom. The molecule has 0 aliphatic carbocycles. The molecule has 0 unspecified atom stereocenters. The van der Waals surface area contributed by atoms with E-state index in [9.17, 15) is 0 Å². The van der Waals surface area contributed by atoms with Gasteiger partial charge in [-0.15, -0.1) is 0 Å². The Labute approximate surface area is 201 Å². The highest BCUT2D eigenvalue weighted by atomic mass is 14.2. The summed E-state index contributed by atoms with van der Waals surface area (Å²) in [5, 5.41) is -1.21. The fourth-order valence-corrected chi connectivity index (χ4v) is 3.64. The van der Waals surface area contributed by atoms with Crippen molar-refractivity contribution in [3.8, 4) is 22.3 Å². The molecular weight excluding hydrogens is 360 g/mol. The second kappa shape index (κ2) is 6.86. The molecule has 0 saturated carbocycles. The Kier molecular flexibility index (Phi) is 1.56. The van der Waals surface area contributed by atoms with Gasteiger partial charge in [0.2, 0.25) is 0 Å². The van der Waals surface area contributed by atoms with Gasteiger partial charge in [0.1, 0.15) is 0 Å². The van der Waals surface area contributed by atoms with Crippen molar-refractivity contribution in [2.24, 2.45) is 0 Å². The zero-order chi connectivity index (χ0) is 35.6. The van der Waals surface area contributed by atoms with Gasteiger partial charge in [0, 0.05) is 0 Å². The Balaban J connectivity index is 2.11. The molecule has 0 aliphatic heterocycles. The van der Waals surface area contributed by atoms with Crippen molar-refractivity contribution >= 4 is 32.3 Å². The van der Waals surface area contributed by atoms with Crippen LogP contribution in [0.15, 0.2) is 121 Å². The summed E-state index contributed by atoms with van der Waals surface area (Å²) in [6, 6.07) is -10.2. The minimum Gasteiger partial charge on any atom is -0.0622 e. The second-order valence-corrected chi connectivity index (χ2v) is 6.44. The molecular formula is C30H20. The molecule has 0 spiro atoms. The Morgan fingerprint density at radius 3 is 1.17 bits per heavy atom. The normalized spacial score (nSPS) is 19.7. The zero-order valence-electron chi connectivity index (χ0n) is 33.2. The lowest BCUT2D eigenvalue weighted by Gasteiger charge is -2.18. The standard InChI is InChI=1S/C30H20/c1-3-11-21(12-4-1)29-25-17-9-10-18-26(25)30(22-13-5-2-6-14-22)28-20-24-16-8-7-15-23(24)19-27(28)29/h1-20H/i1D,2D,3D,4D,5D,6D,7D,8D,9D,10D,11D,12D,13D,14D,15D,16D,17D,18D. The first kappa shape index (κ1) is 6.82. The maximum atomic E-state index is 9.00. The lowest BCUT2D eigenvalue weighted by atomic mass is 9.85. The van der Waals surface area contributed by atoms with E-state index in [-0.39, 0.29) is 32.7 Å². The summed E-state index contributed by atoms with van der Waals surface area (Å²) in [5.74, 6) is 0. The third kappa shape index (κ3) is 2.62. The summed E-state index contributed by atoms with van der Waals surface area (Å²) in [4.78, 5) is 0. The topological polar surface area (TPSA) is 0 Å². The van der Waals surface area contributed by atoms with Gasteiger partial charge in [0.25, 0.3) is 0 Å². The highest BCUT2D eigenvalue weighted by molar-refractivity contribution is 6.23. The van der Waals surface area contributed by atoms with Gasteiger partial charge in [-0.25, -0.2) is 0 Å². The summed E-state index contributed by atoms with van der Waals surface area (Å²) >= 11 is 0. The molecule has 6 rings (SSSR count). The summed E-state index contributed by atoms with van der Waals surface area (Å²) in [5.41, 5.74) is -1.55. The van der Waals surface area contributed by atoms with Crippen LogP contribution < -0.4 is 0 Å². The molecule has 30 heavy (non-hydrogen) atoms. The van der Waals surface area contributed by atoms with Crippen LogP contribution in [0.2, 0.25) is 0 Å². The summed E-state index contributed by atoms with van der Waals surface area (Å²) < 4.78 is 154. The molecule has 0 radical (unpaired) electrons. The average molecular weight is 399 g/mol. The molecule has 0 heteroatoms. The van der Waals surface area contributed by atoms with Crippen LogP contribution in [0.4, 0.5) is 0 Å². The fourth-order valence-electron chi connectivity index (χ4n) is 3.64. The number of hydrogen-bond donors (Lipinski definition) is 0. The minimum absolute atomic E-state index is 0.0886. The quantitative estimate of drug-likeness (QED) is 0.257. The third-order valence-electron chi connectivity index (χ3n) is 4.84. The molecule has 0 heterocycles. The minimum atomic E-state index is -0.768. The van der Waals surface area contributed by atoms with Gasteiger partial charge >= 0.3 is 0 Å². The van der Waals surface area contributed by atoms with Gasteiger partial charge in [-0.3, -0.25) is 0 Å². The van der Waals surface area contributed by atoms with Crippen molar-refractivity contribution in [3.05, 3.63) is 121 Å². The molecule has 140 valence electrons. The summed E-state index contributed by atoms with van der Waals surface area (Å²) in [7, 11) is 0. The van der Waals surface area contributed by atoms with E-state index >= 15 is 0 Å². The Morgan fingerprint density at radius 2 is 0.733 bits per heavy atom. The van der Waals surface area contributed by atoms with Crippen molar-refractivity contribution in [1.82, 2.24) is 0 Å². The fraction of sp³-hybridized carbons (Fsp3) is 0. The van der Waals surface area contributed by atoms with E-state index in [0.717, 1.165) is 0 Å². The molecule has 0 nitrogen and oxygen atoms in total. The zero-order valence-corrected chi connectivity index (χ0v) is 15.2. The molecule has 0 bridgehead atoms. The molecule has 0 aliphatic rings. The highest BCUT2D eigenvalue weighted by Gasteiger charge is 2.16. The van der Waals surface area contributed by atoms with Crippen LogP contribution in [0.3, 0.4) is 0 Å². The molecule has 6 aromatic rings. The maximum Gasteiger partial charge on any atom is 0.0629 e. The van der Waals surface area contributed by atoms with E-state index < -0.39 is 131 Å². The predicted octanol–water partition coefficient (Wildman–Crippen LogP) is 8.48. The van der Waals surface area contributed by atoms with Crippen LogP contribution >= 0.6 is 0 Å². The Bertz CT molecular complexity index is 2250. The molecule has 0 fully saturated rings. The van der Waals surface area contributed by atoms with Crippen LogP contribution in [0, 0.1) is 0 Å². The molecule has 6 aromatic carbocycles. The van der Waals surface area contributed by atoms with E-state index in [1.165, 1.54) is 12.1 Å². The van der Waals surface area contributed by atoms with Crippen molar-refractivity contribution in [2.45, 2.75) is 0 Å². The van der Waals surface area contributed by atoms with Crippen molar-refractivity contribution in [3.63, 3.8) is 0 Å². The first-order valence-electron chi connectivity index (χ1n) is 17.9. The van der Waals surface area contributed by atoms with Crippen molar-refractivity contribution < 1.29 is 24.7 Å². The third-order valence-corrected chi connectivity index (χ3v) is 4.84. The lowest BCUT2D eigenvalue weighted by Crippen LogP contribution is -1.91. The number of hydrogen-bond acceptors (Lipinski definition) is 0. The SMILES string of the molecule is [2H]c1c([2H])c([2H])c(-c2c3cc4c([2H])c([2H])c([2H])c([2H])c4cc3c(-c3c([2H])c([2H])c([2H])c([2H])c3[2H])c3c([2H])c([2H])c([2H])c([2H])c23)c([2H])c1[2H]. The lowest BCUT2D eigenvalue weighted by molar-refractivity contribution is 1.66. The van der Waals surface area contributed by atoms with E-state index in [1.54, 1.807) is 0 Å².